The van der Waals surface area contributed by atoms with Gasteiger partial charge in [0.1, 0.15) is 0 Å². The molecular formula is C22H27N2O5P. The number of oxazole rings is 1. The Morgan fingerprint density at radius 3 is 2.47 bits per heavy atom. The van der Waals surface area contributed by atoms with Gasteiger partial charge in [-0.25, -0.2) is 4.98 Å². The molecule has 0 spiro atoms. The molecule has 30 heavy (non-hydrogen) atoms. The van der Waals surface area contributed by atoms with Crippen molar-refractivity contribution in [2.45, 2.75) is 20.3 Å². The number of rotatable bonds is 8. The van der Waals surface area contributed by atoms with Gasteiger partial charge in [-0.2, -0.15) is 0 Å². The maximum Gasteiger partial charge on any atom is 0.385 e. The van der Waals surface area contributed by atoms with Gasteiger partial charge in [0.25, 0.3) is 0 Å². The molecule has 8 heteroatoms. The van der Waals surface area contributed by atoms with Crippen LogP contribution in [-0.4, -0.2) is 44.5 Å². The molecule has 0 unspecified atom stereocenters. The highest BCUT2D eigenvalue weighted by molar-refractivity contribution is 7.62. The van der Waals surface area contributed by atoms with Crippen LogP contribution >= 0.6 is 7.60 Å². The van der Waals surface area contributed by atoms with E-state index in [9.17, 15) is 4.57 Å². The van der Waals surface area contributed by atoms with Gasteiger partial charge in [0, 0.05) is 13.1 Å². The summed E-state index contributed by atoms with van der Waals surface area (Å²) >= 11 is 0. The van der Waals surface area contributed by atoms with Crippen molar-refractivity contribution in [3.05, 3.63) is 53.9 Å². The lowest BCUT2D eigenvalue weighted by atomic mass is 10.0. The second kappa shape index (κ2) is 9.31. The Morgan fingerprint density at radius 1 is 1.03 bits per heavy atom. The Morgan fingerprint density at radius 2 is 1.73 bits per heavy atom. The number of ether oxygens (including phenoxy) is 1. The molecule has 0 saturated carbocycles. The Balaban J connectivity index is 1.75. The fraction of sp³-hybridized carbons (Fsp3) is 0.409. The number of nitrogens with zero attached hydrogens (tertiary/aromatic N) is 2. The lowest BCUT2D eigenvalue weighted by molar-refractivity contribution is 0.120. The van der Waals surface area contributed by atoms with E-state index in [1.165, 1.54) is 0 Å². The third-order valence-corrected chi connectivity index (χ3v) is 7.02. The van der Waals surface area contributed by atoms with Crippen LogP contribution in [0, 0.1) is 0 Å². The first kappa shape index (κ1) is 21.1. The van der Waals surface area contributed by atoms with E-state index in [4.69, 9.17) is 18.2 Å². The monoisotopic (exact) mass is 430 g/mol. The number of benzene rings is 2. The summed E-state index contributed by atoms with van der Waals surface area (Å²) in [5.41, 5.74) is 1.35. The fourth-order valence-electron chi connectivity index (χ4n) is 3.68. The predicted molar refractivity (Wildman–Crippen MR) is 117 cm³/mol. The van der Waals surface area contributed by atoms with E-state index in [0.717, 1.165) is 16.3 Å². The van der Waals surface area contributed by atoms with Crippen LogP contribution in [-0.2, 0) is 24.8 Å². The summed E-state index contributed by atoms with van der Waals surface area (Å²) < 4.78 is 36.3. The zero-order chi connectivity index (χ0) is 21.0. The largest absolute Gasteiger partial charge is 0.424 e. The lowest BCUT2D eigenvalue weighted by Crippen LogP contribution is -2.38. The quantitative estimate of drug-likeness (QED) is 0.497. The molecular weight excluding hydrogens is 403 g/mol. The second-order valence-electron chi connectivity index (χ2n) is 6.98. The van der Waals surface area contributed by atoms with Crippen LogP contribution in [0.4, 0.5) is 5.88 Å². The van der Waals surface area contributed by atoms with Crippen molar-refractivity contribution in [2.75, 3.05) is 44.4 Å². The molecule has 0 aliphatic carbocycles. The van der Waals surface area contributed by atoms with Gasteiger partial charge in [0.15, 0.2) is 0 Å². The molecule has 0 amide bonds. The van der Waals surface area contributed by atoms with Gasteiger partial charge in [0.05, 0.1) is 32.8 Å². The van der Waals surface area contributed by atoms with Gasteiger partial charge < -0.3 is 23.1 Å². The Bertz CT molecular complexity index is 1030. The molecule has 0 N–H and O–H groups in total. The number of hydrogen-bond donors (Lipinski definition) is 0. The van der Waals surface area contributed by atoms with Gasteiger partial charge in [-0.15, -0.1) is 0 Å². The van der Waals surface area contributed by atoms with Crippen LogP contribution in [0.25, 0.3) is 10.8 Å². The smallest absolute Gasteiger partial charge is 0.385 e. The van der Waals surface area contributed by atoms with Crippen LogP contribution in [0.3, 0.4) is 0 Å². The number of morpholine rings is 1. The third kappa shape index (κ3) is 4.30. The Labute approximate surface area is 176 Å². The van der Waals surface area contributed by atoms with Crippen molar-refractivity contribution in [2.24, 2.45) is 0 Å². The molecule has 4 rings (SSSR count). The van der Waals surface area contributed by atoms with Gasteiger partial charge in [-0.1, -0.05) is 42.5 Å². The molecule has 2 aromatic carbocycles. The van der Waals surface area contributed by atoms with Crippen molar-refractivity contribution < 1.29 is 22.8 Å². The van der Waals surface area contributed by atoms with Crippen molar-refractivity contribution in [3.8, 4) is 0 Å². The summed E-state index contributed by atoms with van der Waals surface area (Å²) in [6, 6.07) is 14.4. The Hall–Kier alpha value is -2.18. The zero-order valence-corrected chi connectivity index (χ0v) is 18.3. The highest BCUT2D eigenvalue weighted by atomic mass is 31.2. The lowest BCUT2D eigenvalue weighted by Gasteiger charge is -2.27. The molecule has 1 aliphatic heterocycles. The predicted octanol–water partition coefficient (Wildman–Crippen LogP) is 4.15. The minimum atomic E-state index is -3.60. The molecule has 0 bridgehead atoms. The SMILES string of the molecule is CCOP(=O)(OCC)c1nc(Cc2cccc3ccccc23)oc1N1CCOCC1. The van der Waals surface area contributed by atoms with Gasteiger partial charge >= 0.3 is 7.60 Å². The van der Waals surface area contributed by atoms with Crippen LogP contribution in [0.15, 0.2) is 46.9 Å². The van der Waals surface area contributed by atoms with E-state index in [-0.39, 0.29) is 18.6 Å². The first-order chi connectivity index (χ1) is 14.6. The molecule has 0 radical (unpaired) electrons. The van der Waals surface area contributed by atoms with E-state index in [1.807, 2.05) is 23.1 Å². The molecule has 1 saturated heterocycles. The molecule has 1 fully saturated rings. The molecule has 2 heterocycles. The molecule has 1 aromatic heterocycles. The molecule has 3 aromatic rings. The summed E-state index contributed by atoms with van der Waals surface area (Å²) in [7, 11) is -3.60. The maximum atomic E-state index is 13.5. The number of fused-ring (bicyclic) bond motifs is 1. The summed E-state index contributed by atoms with van der Waals surface area (Å²) in [4.78, 5) is 6.64. The van der Waals surface area contributed by atoms with E-state index >= 15 is 0 Å². The first-order valence-electron chi connectivity index (χ1n) is 10.3. The molecule has 1 aliphatic rings. The van der Waals surface area contributed by atoms with Crippen molar-refractivity contribution >= 4 is 29.7 Å². The number of aromatic nitrogens is 1. The van der Waals surface area contributed by atoms with E-state index in [2.05, 4.69) is 29.2 Å². The summed E-state index contributed by atoms with van der Waals surface area (Å²) in [5.74, 6) is 0.946. The maximum absolute atomic E-state index is 13.5. The third-order valence-electron chi connectivity index (χ3n) is 5.01. The number of anilines is 1. The van der Waals surface area contributed by atoms with Crippen molar-refractivity contribution in [1.82, 2.24) is 4.98 Å². The first-order valence-corrected chi connectivity index (χ1v) is 11.9. The van der Waals surface area contributed by atoms with E-state index in [1.54, 1.807) is 13.8 Å². The zero-order valence-electron chi connectivity index (χ0n) is 17.4. The van der Waals surface area contributed by atoms with Crippen LogP contribution in [0.1, 0.15) is 25.3 Å². The minimum Gasteiger partial charge on any atom is -0.424 e. The highest BCUT2D eigenvalue weighted by Crippen LogP contribution is 2.49. The summed E-state index contributed by atoms with van der Waals surface area (Å²) in [6.07, 6.45) is 0.483. The second-order valence-corrected chi connectivity index (χ2v) is 8.92. The topological polar surface area (TPSA) is 74.0 Å². The standard InChI is InChI=1S/C22H27N2O5P/c1-3-27-30(25,28-4-2)21-22(24-12-14-26-15-13-24)29-20(23-21)16-18-10-7-9-17-8-5-6-11-19(17)18/h5-11H,3-4,12-16H2,1-2H3. The van der Waals surface area contributed by atoms with Gasteiger partial charge in [-0.3, -0.25) is 4.57 Å². The van der Waals surface area contributed by atoms with Crippen molar-refractivity contribution in [3.63, 3.8) is 0 Å². The van der Waals surface area contributed by atoms with E-state index < -0.39 is 7.60 Å². The average molecular weight is 430 g/mol. The number of hydrogen-bond acceptors (Lipinski definition) is 7. The average Bonchev–Trinajstić information content (AvgIpc) is 3.20. The summed E-state index contributed by atoms with van der Waals surface area (Å²) in [5, 5.41) is 2.30. The minimum absolute atomic E-state index is 0.253. The highest BCUT2D eigenvalue weighted by Gasteiger charge is 2.37. The van der Waals surface area contributed by atoms with Crippen molar-refractivity contribution in [1.29, 1.82) is 0 Å². The molecule has 7 nitrogen and oxygen atoms in total. The van der Waals surface area contributed by atoms with Crippen LogP contribution in [0.2, 0.25) is 0 Å². The molecule has 160 valence electrons. The van der Waals surface area contributed by atoms with Crippen LogP contribution < -0.4 is 10.3 Å². The molecule has 0 atom stereocenters. The van der Waals surface area contributed by atoms with Gasteiger partial charge in [-0.05, 0) is 30.2 Å². The fourth-order valence-corrected chi connectivity index (χ4v) is 5.34. The van der Waals surface area contributed by atoms with Gasteiger partial charge in [0.2, 0.25) is 17.2 Å². The normalized spacial score (nSPS) is 15.1. The summed E-state index contributed by atoms with van der Waals surface area (Å²) in [6.45, 7) is 6.51. The van der Waals surface area contributed by atoms with Crippen LogP contribution in [0.5, 0.6) is 0 Å². The Kier molecular flexibility index (Phi) is 6.54. The van der Waals surface area contributed by atoms with E-state index in [0.29, 0.717) is 44.5 Å².